The van der Waals surface area contributed by atoms with Crippen molar-refractivity contribution in [1.29, 1.82) is 0 Å². The van der Waals surface area contributed by atoms with Crippen molar-refractivity contribution in [1.82, 2.24) is 0 Å². The summed E-state index contributed by atoms with van der Waals surface area (Å²) < 4.78 is 0. The molecule has 0 spiro atoms. The van der Waals surface area contributed by atoms with Gasteiger partial charge in [-0.2, -0.15) is 0 Å². The van der Waals surface area contributed by atoms with E-state index in [1.54, 1.807) is 12.1 Å². The molecule has 1 amide bonds. The van der Waals surface area contributed by atoms with Crippen molar-refractivity contribution in [2.24, 2.45) is 5.73 Å². The zero-order chi connectivity index (χ0) is 13.0. The summed E-state index contributed by atoms with van der Waals surface area (Å²) >= 11 is 4.86. The first kappa shape index (κ1) is 16.0. The number of fused-ring (bicyclic) bond motifs is 1. The second-order valence-corrected chi connectivity index (χ2v) is 3.40. The molecule has 0 aliphatic carbocycles. The Balaban J connectivity index is 0.000000421. The Kier molecular flexibility index (Phi) is 5.87. The van der Waals surface area contributed by atoms with E-state index in [1.165, 1.54) is 12.1 Å². The highest BCUT2D eigenvalue weighted by Crippen LogP contribution is 2.01. The molecule has 0 aliphatic heterocycles. The largest absolute Gasteiger partial charge is 0.412 e. The second kappa shape index (κ2) is 6.63. The number of benzene rings is 1. The van der Waals surface area contributed by atoms with Crippen LogP contribution in [0.25, 0.3) is 10.8 Å². The number of carbonyl (C=O) groups excluding carboxylic acids is 1. The predicted octanol–water partition coefficient (Wildman–Crippen LogP) is -1.32. The number of carbonyl (C=O) groups is 1. The van der Waals surface area contributed by atoms with Crippen LogP contribution < -0.4 is 22.0 Å². The van der Waals surface area contributed by atoms with E-state index in [1.807, 2.05) is 0 Å². The summed E-state index contributed by atoms with van der Waals surface area (Å²) in [6.07, 6.45) is 0. The van der Waals surface area contributed by atoms with Crippen molar-refractivity contribution in [3.8, 4) is 0 Å². The molecule has 0 aliphatic rings. The molecule has 0 atom stereocenters. The maximum atomic E-state index is 11.0. The Morgan fingerprint density at radius 3 is 1.61 bits per heavy atom. The molecule has 2 aromatic rings. The predicted molar refractivity (Wildman–Crippen MR) is 68.7 cm³/mol. The lowest BCUT2D eigenvalue weighted by molar-refractivity contribution is -0.115. The van der Waals surface area contributed by atoms with Crippen LogP contribution in [-0.4, -0.2) is 17.3 Å². The lowest BCUT2D eigenvalue weighted by atomic mass is 10.2. The molecule has 0 saturated heterocycles. The van der Waals surface area contributed by atoms with Crippen LogP contribution in [0.2, 0.25) is 0 Å². The van der Waals surface area contributed by atoms with Crippen LogP contribution in [0.1, 0.15) is 0 Å². The van der Waals surface area contributed by atoms with E-state index in [2.05, 4.69) is 5.73 Å². The lowest BCUT2D eigenvalue weighted by Crippen LogP contribution is -2.29. The standard InChI is InChI=1S/C9H4O3.C2H4ClNO.H2O/c10-7-5-3-1-2-4-6(5)8(11)9(7)12;3-1-2(4)5;/h1-4H;1H2,(H2,4,5);1H2. The van der Waals surface area contributed by atoms with Gasteiger partial charge in [-0.1, -0.05) is 24.3 Å². The highest BCUT2D eigenvalue weighted by atomic mass is 35.5. The van der Waals surface area contributed by atoms with Gasteiger partial charge in [-0.25, -0.2) is 0 Å². The molecule has 0 radical (unpaired) electrons. The summed E-state index contributed by atoms with van der Waals surface area (Å²) in [5, 5.41) is 0.458. The van der Waals surface area contributed by atoms with Crippen LogP contribution in [0.15, 0.2) is 38.6 Å². The van der Waals surface area contributed by atoms with E-state index in [9.17, 15) is 19.2 Å². The van der Waals surface area contributed by atoms with Gasteiger partial charge in [0.2, 0.25) is 16.8 Å². The zero-order valence-corrected chi connectivity index (χ0v) is 9.86. The van der Waals surface area contributed by atoms with Crippen LogP contribution in [0, 0.1) is 0 Å². The smallest absolute Gasteiger partial charge is 0.273 e. The molecule has 4 N–H and O–H groups in total. The van der Waals surface area contributed by atoms with Crippen LogP contribution in [0.4, 0.5) is 0 Å². The van der Waals surface area contributed by atoms with E-state index in [0.29, 0.717) is 0 Å². The van der Waals surface area contributed by atoms with Gasteiger partial charge in [-0.05, 0) is 0 Å². The average molecular weight is 272 g/mol. The minimum atomic E-state index is -0.920. The van der Waals surface area contributed by atoms with Crippen molar-refractivity contribution >= 4 is 28.3 Å². The van der Waals surface area contributed by atoms with E-state index in [-0.39, 0.29) is 22.1 Å². The number of primary amides is 1. The summed E-state index contributed by atoms with van der Waals surface area (Å²) in [6, 6.07) is 6.23. The average Bonchev–Trinajstić information content (AvgIpc) is 2.56. The summed E-state index contributed by atoms with van der Waals surface area (Å²) in [6.45, 7) is 0. The van der Waals surface area contributed by atoms with E-state index in [0.717, 1.165) is 0 Å². The minimum Gasteiger partial charge on any atom is -0.412 e. The molecular formula is C11H10ClNO5. The second-order valence-electron chi connectivity index (χ2n) is 3.13. The molecule has 96 valence electrons. The van der Waals surface area contributed by atoms with Crippen molar-refractivity contribution in [3.63, 3.8) is 0 Å². The molecule has 2 aromatic carbocycles. The van der Waals surface area contributed by atoms with Gasteiger partial charge in [0, 0.05) is 10.8 Å². The Hall–Kier alpha value is -2.05. The monoisotopic (exact) mass is 271 g/mol. The van der Waals surface area contributed by atoms with Crippen molar-refractivity contribution in [2.75, 3.05) is 5.88 Å². The first-order valence-corrected chi connectivity index (χ1v) is 5.09. The van der Waals surface area contributed by atoms with E-state index >= 15 is 0 Å². The van der Waals surface area contributed by atoms with Crippen LogP contribution >= 0.6 is 11.6 Å². The highest BCUT2D eigenvalue weighted by Gasteiger charge is 2.09. The molecule has 2 rings (SSSR count). The molecule has 0 aromatic heterocycles. The fourth-order valence-corrected chi connectivity index (χ4v) is 1.23. The number of nitrogens with two attached hydrogens (primary N) is 1. The maximum Gasteiger partial charge on any atom is 0.273 e. The summed E-state index contributed by atoms with van der Waals surface area (Å²) in [5.74, 6) is -0.563. The van der Waals surface area contributed by atoms with Gasteiger partial charge in [-0.3, -0.25) is 19.2 Å². The summed E-state index contributed by atoms with van der Waals surface area (Å²) in [4.78, 5) is 42.4. The molecule has 0 bridgehead atoms. The number of hydrogen-bond acceptors (Lipinski definition) is 4. The third-order valence-corrected chi connectivity index (χ3v) is 2.22. The molecule has 0 saturated carbocycles. The Bertz CT molecular complexity index is 638. The number of amides is 1. The van der Waals surface area contributed by atoms with Gasteiger partial charge in [0.15, 0.2) is 0 Å². The van der Waals surface area contributed by atoms with Gasteiger partial charge in [0.25, 0.3) is 5.43 Å². The molecule has 6 nitrogen and oxygen atoms in total. The molecule has 18 heavy (non-hydrogen) atoms. The van der Waals surface area contributed by atoms with Gasteiger partial charge < -0.3 is 11.2 Å². The summed E-state index contributed by atoms with van der Waals surface area (Å²) in [5.41, 5.74) is 2.23. The highest BCUT2D eigenvalue weighted by molar-refractivity contribution is 6.27. The third kappa shape index (κ3) is 3.22. The number of rotatable bonds is 1. The maximum absolute atomic E-state index is 11.0. The van der Waals surface area contributed by atoms with Crippen LogP contribution in [0.3, 0.4) is 0 Å². The fourth-order valence-electron chi connectivity index (χ4n) is 1.23. The number of alkyl halides is 1. The third-order valence-electron chi connectivity index (χ3n) is 1.96. The first-order valence-electron chi connectivity index (χ1n) is 4.55. The topological polar surface area (TPSA) is 126 Å². The Morgan fingerprint density at radius 1 is 1.00 bits per heavy atom. The van der Waals surface area contributed by atoms with Crippen LogP contribution in [-0.2, 0) is 4.79 Å². The molecule has 0 heterocycles. The van der Waals surface area contributed by atoms with Crippen LogP contribution in [0.5, 0.6) is 0 Å². The minimum absolute atomic E-state index is 0. The fraction of sp³-hybridized carbons (Fsp3) is 0.0909. The van der Waals surface area contributed by atoms with Crippen molar-refractivity contribution < 1.29 is 10.3 Å². The van der Waals surface area contributed by atoms with E-state index in [4.69, 9.17) is 11.6 Å². The Morgan fingerprint density at radius 2 is 1.33 bits per heavy atom. The van der Waals surface area contributed by atoms with E-state index < -0.39 is 22.2 Å². The lowest BCUT2D eigenvalue weighted by Gasteiger charge is -1.81. The molecule has 0 unspecified atom stereocenters. The SMILES string of the molecule is NC(=O)CCl.O.O=c1c(=O)c2ccccc2c1=O. The van der Waals surface area contributed by atoms with Gasteiger partial charge in [0.1, 0.15) is 5.88 Å². The zero-order valence-electron chi connectivity index (χ0n) is 9.10. The quantitative estimate of drug-likeness (QED) is 0.510. The van der Waals surface area contributed by atoms with Gasteiger partial charge in [-0.15, -0.1) is 11.6 Å². The molecule has 0 fully saturated rings. The molecular weight excluding hydrogens is 262 g/mol. The summed E-state index contributed by atoms with van der Waals surface area (Å²) in [7, 11) is 0. The van der Waals surface area contributed by atoms with Crippen molar-refractivity contribution in [3.05, 3.63) is 54.9 Å². The first-order chi connectivity index (χ1) is 7.99. The van der Waals surface area contributed by atoms with Gasteiger partial charge in [0.05, 0.1) is 0 Å². The Labute approximate surface area is 106 Å². The number of hydrogen-bond donors (Lipinski definition) is 1. The normalized spacial score (nSPS) is 9.17. The van der Waals surface area contributed by atoms with Crippen molar-refractivity contribution in [2.45, 2.75) is 0 Å². The number of halogens is 1. The molecule has 7 heteroatoms. The van der Waals surface area contributed by atoms with Gasteiger partial charge >= 0.3 is 0 Å².